The van der Waals surface area contributed by atoms with Crippen LogP contribution in [0.2, 0.25) is 0 Å². The van der Waals surface area contributed by atoms with Crippen LogP contribution in [0.25, 0.3) is 0 Å². The SMILES string of the molecule is CCC(C)C(NC(=O)C(CCC(=O)O)NC(=O)C(NC(=O)C(N)Cc1ccc(O)cc1)C(C)CC)C(=O)O. The van der Waals surface area contributed by atoms with Crippen LogP contribution in [0.1, 0.15) is 58.9 Å². The quantitative estimate of drug-likeness (QED) is 0.159. The molecule has 0 bridgehead atoms. The van der Waals surface area contributed by atoms with E-state index in [9.17, 15) is 34.2 Å². The van der Waals surface area contributed by atoms with Crippen molar-refractivity contribution in [3.63, 3.8) is 0 Å². The lowest BCUT2D eigenvalue weighted by atomic mass is 9.96. The van der Waals surface area contributed by atoms with E-state index in [0.29, 0.717) is 18.4 Å². The van der Waals surface area contributed by atoms with Gasteiger partial charge >= 0.3 is 11.9 Å². The number of carbonyl (C=O) groups excluding carboxylic acids is 3. The van der Waals surface area contributed by atoms with Gasteiger partial charge in [0.15, 0.2) is 0 Å². The van der Waals surface area contributed by atoms with Gasteiger partial charge in [0, 0.05) is 6.42 Å². The van der Waals surface area contributed by atoms with Gasteiger partial charge in [-0.3, -0.25) is 19.2 Å². The second kappa shape index (κ2) is 15.6. The predicted molar refractivity (Wildman–Crippen MR) is 139 cm³/mol. The van der Waals surface area contributed by atoms with E-state index in [2.05, 4.69) is 16.0 Å². The second-order valence-corrected chi connectivity index (χ2v) is 9.55. The van der Waals surface area contributed by atoms with Crippen molar-refractivity contribution in [2.45, 2.75) is 84.0 Å². The molecule has 0 aromatic heterocycles. The fraction of sp³-hybridized carbons (Fsp3) is 0.577. The summed E-state index contributed by atoms with van der Waals surface area (Å²) < 4.78 is 0. The summed E-state index contributed by atoms with van der Waals surface area (Å²) in [5.41, 5.74) is 6.74. The highest BCUT2D eigenvalue weighted by atomic mass is 16.4. The number of carbonyl (C=O) groups is 5. The van der Waals surface area contributed by atoms with Crippen molar-refractivity contribution in [2.24, 2.45) is 17.6 Å². The molecule has 1 aromatic carbocycles. The number of amides is 3. The molecule has 0 aliphatic heterocycles. The van der Waals surface area contributed by atoms with E-state index in [1.54, 1.807) is 32.9 Å². The van der Waals surface area contributed by atoms with E-state index in [0.717, 1.165) is 0 Å². The monoisotopic (exact) mass is 536 g/mol. The Hall–Kier alpha value is -3.67. The molecule has 0 heterocycles. The van der Waals surface area contributed by atoms with E-state index in [1.165, 1.54) is 12.1 Å². The molecule has 0 aliphatic rings. The third-order valence-corrected chi connectivity index (χ3v) is 6.58. The Bertz CT molecular complexity index is 968. The lowest BCUT2D eigenvalue weighted by Gasteiger charge is -2.28. The number of carboxylic acids is 2. The van der Waals surface area contributed by atoms with Crippen LogP contribution in [-0.4, -0.2) is 69.1 Å². The molecule has 1 aromatic rings. The molecule has 8 N–H and O–H groups in total. The van der Waals surface area contributed by atoms with Gasteiger partial charge in [-0.05, 0) is 42.4 Å². The number of hydrogen-bond acceptors (Lipinski definition) is 7. The number of aliphatic carboxylic acids is 2. The van der Waals surface area contributed by atoms with E-state index < -0.39 is 66.2 Å². The molecule has 6 unspecified atom stereocenters. The normalized spacial score (nSPS) is 15.7. The molecule has 0 saturated carbocycles. The lowest BCUT2D eigenvalue weighted by molar-refractivity contribution is -0.144. The van der Waals surface area contributed by atoms with Gasteiger partial charge < -0.3 is 37.0 Å². The molecule has 0 saturated heterocycles. The number of phenolic OH excluding ortho intramolecular Hbond substituents is 1. The van der Waals surface area contributed by atoms with Crippen LogP contribution in [-0.2, 0) is 30.4 Å². The Kier molecular flexibility index (Phi) is 13.2. The first kappa shape index (κ1) is 32.4. The average molecular weight is 537 g/mol. The van der Waals surface area contributed by atoms with Crippen molar-refractivity contribution in [1.29, 1.82) is 0 Å². The van der Waals surface area contributed by atoms with Gasteiger partial charge in [-0.2, -0.15) is 0 Å². The molecule has 0 spiro atoms. The second-order valence-electron chi connectivity index (χ2n) is 9.55. The molecule has 6 atom stereocenters. The average Bonchev–Trinajstić information content (AvgIpc) is 2.87. The molecule has 212 valence electrons. The Balaban J connectivity index is 3.04. The van der Waals surface area contributed by atoms with E-state index in [1.807, 2.05) is 6.92 Å². The van der Waals surface area contributed by atoms with Gasteiger partial charge in [0.2, 0.25) is 17.7 Å². The van der Waals surface area contributed by atoms with Crippen LogP contribution < -0.4 is 21.7 Å². The Morgan fingerprint density at radius 1 is 0.816 bits per heavy atom. The summed E-state index contributed by atoms with van der Waals surface area (Å²) in [6.45, 7) is 6.96. The first-order valence-electron chi connectivity index (χ1n) is 12.7. The molecule has 0 aliphatic carbocycles. The summed E-state index contributed by atoms with van der Waals surface area (Å²) in [5.74, 6) is -5.29. The van der Waals surface area contributed by atoms with Crippen molar-refractivity contribution in [3.8, 4) is 5.75 Å². The highest BCUT2D eigenvalue weighted by molar-refractivity contribution is 5.94. The molecule has 3 amide bonds. The zero-order chi connectivity index (χ0) is 29.0. The molecular formula is C26H40N4O8. The summed E-state index contributed by atoms with van der Waals surface area (Å²) in [6, 6.07) is 1.54. The smallest absolute Gasteiger partial charge is 0.326 e. The standard InChI is InChI=1S/C26H40N4O8/c1-5-14(3)21(29-23(34)18(27)13-16-7-9-17(31)10-8-16)25(36)28-19(11-12-20(32)33)24(35)30-22(26(37)38)15(4)6-2/h7-10,14-15,18-19,21-22,31H,5-6,11-13,27H2,1-4H3,(H,28,36)(H,29,34)(H,30,35)(H,32,33)(H,37,38). The molecular weight excluding hydrogens is 496 g/mol. The Morgan fingerprint density at radius 2 is 1.34 bits per heavy atom. The van der Waals surface area contributed by atoms with Crippen molar-refractivity contribution >= 4 is 29.7 Å². The van der Waals surface area contributed by atoms with Crippen LogP contribution in [0.15, 0.2) is 24.3 Å². The number of hydrogen-bond donors (Lipinski definition) is 7. The molecule has 12 nitrogen and oxygen atoms in total. The zero-order valence-electron chi connectivity index (χ0n) is 22.3. The highest BCUT2D eigenvalue weighted by Gasteiger charge is 2.33. The largest absolute Gasteiger partial charge is 0.508 e. The van der Waals surface area contributed by atoms with Crippen LogP contribution >= 0.6 is 0 Å². The predicted octanol–water partition coefficient (Wildman–Crippen LogP) is 0.758. The number of rotatable bonds is 16. The van der Waals surface area contributed by atoms with Crippen molar-refractivity contribution < 1.29 is 39.3 Å². The van der Waals surface area contributed by atoms with Gasteiger partial charge in [-0.15, -0.1) is 0 Å². The van der Waals surface area contributed by atoms with Crippen molar-refractivity contribution in [1.82, 2.24) is 16.0 Å². The van der Waals surface area contributed by atoms with Crippen LogP contribution in [0.5, 0.6) is 5.75 Å². The minimum atomic E-state index is -1.33. The third kappa shape index (κ3) is 10.4. The topological polar surface area (TPSA) is 208 Å². The van der Waals surface area contributed by atoms with E-state index in [4.69, 9.17) is 10.8 Å². The minimum absolute atomic E-state index is 0.0700. The van der Waals surface area contributed by atoms with Crippen LogP contribution in [0.4, 0.5) is 0 Å². The minimum Gasteiger partial charge on any atom is -0.508 e. The van der Waals surface area contributed by atoms with E-state index in [-0.39, 0.29) is 24.5 Å². The Morgan fingerprint density at radius 3 is 1.84 bits per heavy atom. The molecule has 12 heteroatoms. The zero-order valence-corrected chi connectivity index (χ0v) is 22.3. The molecule has 0 radical (unpaired) electrons. The number of nitrogens with one attached hydrogen (secondary N) is 3. The van der Waals surface area contributed by atoms with Crippen LogP contribution in [0, 0.1) is 11.8 Å². The number of aromatic hydroxyl groups is 1. The molecule has 1 rings (SSSR count). The Labute approximate surface area is 222 Å². The van der Waals surface area contributed by atoms with Gasteiger partial charge in [0.25, 0.3) is 0 Å². The van der Waals surface area contributed by atoms with Crippen molar-refractivity contribution in [3.05, 3.63) is 29.8 Å². The third-order valence-electron chi connectivity index (χ3n) is 6.58. The number of carboxylic acid groups (broad SMARTS) is 2. The summed E-state index contributed by atoms with van der Waals surface area (Å²) in [7, 11) is 0. The van der Waals surface area contributed by atoms with Gasteiger partial charge in [-0.1, -0.05) is 52.7 Å². The maximum atomic E-state index is 13.2. The fourth-order valence-electron chi connectivity index (χ4n) is 3.68. The summed E-state index contributed by atoms with van der Waals surface area (Å²) in [6.07, 6.45) is 0.387. The van der Waals surface area contributed by atoms with Gasteiger partial charge in [0.05, 0.1) is 6.04 Å². The highest BCUT2D eigenvalue weighted by Crippen LogP contribution is 2.14. The van der Waals surface area contributed by atoms with Gasteiger partial charge in [-0.25, -0.2) is 4.79 Å². The van der Waals surface area contributed by atoms with Crippen molar-refractivity contribution in [2.75, 3.05) is 0 Å². The van der Waals surface area contributed by atoms with Crippen LogP contribution in [0.3, 0.4) is 0 Å². The maximum Gasteiger partial charge on any atom is 0.326 e. The summed E-state index contributed by atoms with van der Waals surface area (Å²) >= 11 is 0. The first-order chi connectivity index (χ1) is 17.8. The number of nitrogens with two attached hydrogens (primary N) is 1. The van der Waals surface area contributed by atoms with Gasteiger partial charge in [0.1, 0.15) is 23.9 Å². The first-order valence-corrected chi connectivity index (χ1v) is 12.7. The summed E-state index contributed by atoms with van der Waals surface area (Å²) in [5, 5.41) is 35.5. The molecule has 38 heavy (non-hydrogen) atoms. The molecule has 0 fully saturated rings. The lowest BCUT2D eigenvalue weighted by Crippen LogP contribution is -2.59. The summed E-state index contributed by atoms with van der Waals surface area (Å²) in [4.78, 5) is 61.8. The van der Waals surface area contributed by atoms with E-state index >= 15 is 0 Å². The fourth-order valence-corrected chi connectivity index (χ4v) is 3.68. The number of phenols is 1. The maximum absolute atomic E-state index is 13.2. The number of benzene rings is 1.